The van der Waals surface area contributed by atoms with Gasteiger partial charge in [-0.2, -0.15) is 0 Å². The first-order valence-electron chi connectivity index (χ1n) is 7.72. The van der Waals surface area contributed by atoms with E-state index in [9.17, 15) is 4.79 Å². The van der Waals surface area contributed by atoms with E-state index in [-0.39, 0.29) is 17.9 Å². The SMILES string of the molecule is CC(C)c1ccc(NC(=O)C2C3CCC(C3)C2N)cc1. The highest BCUT2D eigenvalue weighted by atomic mass is 16.2. The second-order valence-electron chi connectivity index (χ2n) is 6.70. The molecular formula is C17H24N2O. The van der Waals surface area contributed by atoms with Gasteiger partial charge in [0, 0.05) is 11.7 Å². The van der Waals surface area contributed by atoms with E-state index in [1.165, 1.54) is 18.4 Å². The zero-order chi connectivity index (χ0) is 14.3. The molecule has 4 atom stereocenters. The standard InChI is InChI=1S/C17H24N2O/c1-10(2)11-5-7-14(8-6-11)19-17(20)15-12-3-4-13(9-12)16(15)18/h5-8,10,12-13,15-16H,3-4,9,18H2,1-2H3,(H,19,20). The van der Waals surface area contributed by atoms with Crippen LogP contribution in [0.15, 0.2) is 24.3 Å². The van der Waals surface area contributed by atoms with E-state index in [1.54, 1.807) is 0 Å². The van der Waals surface area contributed by atoms with Crippen molar-refractivity contribution in [2.24, 2.45) is 23.5 Å². The van der Waals surface area contributed by atoms with Crippen molar-refractivity contribution in [3.8, 4) is 0 Å². The van der Waals surface area contributed by atoms with E-state index in [4.69, 9.17) is 5.73 Å². The molecule has 3 rings (SSSR count). The molecule has 3 N–H and O–H groups in total. The van der Waals surface area contributed by atoms with Crippen molar-refractivity contribution in [3.05, 3.63) is 29.8 Å². The number of nitrogens with one attached hydrogen (secondary N) is 1. The van der Waals surface area contributed by atoms with Crippen LogP contribution in [-0.2, 0) is 4.79 Å². The Morgan fingerprint density at radius 1 is 1.20 bits per heavy atom. The Labute approximate surface area is 120 Å². The minimum absolute atomic E-state index is 0.0125. The Morgan fingerprint density at radius 2 is 1.85 bits per heavy atom. The maximum absolute atomic E-state index is 12.4. The van der Waals surface area contributed by atoms with E-state index in [0.717, 1.165) is 12.1 Å². The van der Waals surface area contributed by atoms with Gasteiger partial charge in [0.05, 0.1) is 5.92 Å². The van der Waals surface area contributed by atoms with Gasteiger partial charge in [0.1, 0.15) is 0 Å². The molecule has 0 heterocycles. The highest BCUT2D eigenvalue weighted by molar-refractivity contribution is 5.93. The average molecular weight is 272 g/mol. The predicted octanol–water partition coefficient (Wildman–Crippen LogP) is 3.12. The van der Waals surface area contributed by atoms with Crippen LogP contribution in [0.4, 0.5) is 5.69 Å². The largest absolute Gasteiger partial charge is 0.327 e. The summed E-state index contributed by atoms with van der Waals surface area (Å²) in [6.07, 6.45) is 3.52. The lowest BCUT2D eigenvalue weighted by Crippen LogP contribution is -2.42. The van der Waals surface area contributed by atoms with E-state index in [0.29, 0.717) is 17.8 Å². The van der Waals surface area contributed by atoms with Crippen LogP contribution in [0.1, 0.15) is 44.6 Å². The first-order valence-corrected chi connectivity index (χ1v) is 7.72. The van der Waals surface area contributed by atoms with Crippen molar-refractivity contribution in [1.29, 1.82) is 0 Å². The van der Waals surface area contributed by atoms with Gasteiger partial charge in [-0.1, -0.05) is 26.0 Å². The third-order valence-electron chi connectivity index (χ3n) is 5.13. The summed E-state index contributed by atoms with van der Waals surface area (Å²) in [7, 11) is 0. The lowest BCUT2D eigenvalue weighted by Gasteiger charge is -2.27. The predicted molar refractivity (Wildman–Crippen MR) is 81.5 cm³/mol. The molecule has 0 aromatic heterocycles. The van der Waals surface area contributed by atoms with Gasteiger partial charge in [0.15, 0.2) is 0 Å². The highest BCUT2D eigenvalue weighted by Crippen LogP contribution is 2.47. The fourth-order valence-electron chi connectivity index (χ4n) is 3.90. The van der Waals surface area contributed by atoms with Gasteiger partial charge in [-0.15, -0.1) is 0 Å². The summed E-state index contributed by atoms with van der Waals surface area (Å²) >= 11 is 0. The molecule has 0 aliphatic heterocycles. The van der Waals surface area contributed by atoms with Gasteiger partial charge in [0.25, 0.3) is 0 Å². The molecule has 0 radical (unpaired) electrons. The van der Waals surface area contributed by atoms with Crippen molar-refractivity contribution < 1.29 is 4.79 Å². The minimum Gasteiger partial charge on any atom is -0.327 e. The van der Waals surface area contributed by atoms with Crippen LogP contribution in [0.25, 0.3) is 0 Å². The van der Waals surface area contributed by atoms with Crippen LogP contribution in [0.5, 0.6) is 0 Å². The topological polar surface area (TPSA) is 55.1 Å². The molecule has 1 amide bonds. The third-order valence-corrected chi connectivity index (χ3v) is 5.13. The Morgan fingerprint density at radius 3 is 2.40 bits per heavy atom. The zero-order valence-corrected chi connectivity index (χ0v) is 12.3. The molecule has 2 saturated carbocycles. The van der Waals surface area contributed by atoms with Gasteiger partial charge in [-0.25, -0.2) is 0 Å². The highest BCUT2D eigenvalue weighted by Gasteiger charge is 2.49. The number of benzene rings is 1. The van der Waals surface area contributed by atoms with Crippen molar-refractivity contribution in [2.75, 3.05) is 5.32 Å². The number of anilines is 1. The fraction of sp³-hybridized carbons (Fsp3) is 0.588. The summed E-state index contributed by atoms with van der Waals surface area (Å²) in [6, 6.07) is 8.21. The smallest absolute Gasteiger partial charge is 0.229 e. The van der Waals surface area contributed by atoms with Gasteiger partial charge in [0.2, 0.25) is 5.91 Å². The van der Waals surface area contributed by atoms with Gasteiger partial charge in [-0.3, -0.25) is 4.79 Å². The fourth-order valence-corrected chi connectivity index (χ4v) is 3.90. The molecule has 0 spiro atoms. The number of hydrogen-bond acceptors (Lipinski definition) is 2. The van der Waals surface area contributed by atoms with Crippen molar-refractivity contribution >= 4 is 11.6 Å². The first kappa shape index (κ1) is 13.6. The summed E-state index contributed by atoms with van der Waals surface area (Å²) in [6.45, 7) is 4.34. The summed E-state index contributed by atoms with van der Waals surface area (Å²) in [4.78, 5) is 12.4. The lowest BCUT2D eigenvalue weighted by atomic mass is 9.84. The van der Waals surface area contributed by atoms with Gasteiger partial charge in [-0.05, 0) is 54.7 Å². The second kappa shape index (κ2) is 5.21. The maximum Gasteiger partial charge on any atom is 0.229 e. The maximum atomic E-state index is 12.4. The van der Waals surface area contributed by atoms with Crippen LogP contribution in [-0.4, -0.2) is 11.9 Å². The minimum atomic E-state index is 0.0125. The van der Waals surface area contributed by atoms with Crippen LogP contribution < -0.4 is 11.1 Å². The molecule has 2 aliphatic rings. The van der Waals surface area contributed by atoms with E-state index in [2.05, 4.69) is 31.3 Å². The average Bonchev–Trinajstić information content (AvgIpc) is 2.99. The summed E-state index contributed by atoms with van der Waals surface area (Å²) in [5.41, 5.74) is 8.40. The van der Waals surface area contributed by atoms with Crippen LogP contribution in [0, 0.1) is 17.8 Å². The molecule has 20 heavy (non-hydrogen) atoms. The molecule has 0 saturated heterocycles. The Hall–Kier alpha value is -1.35. The van der Waals surface area contributed by atoms with Crippen molar-refractivity contribution in [2.45, 2.75) is 45.1 Å². The number of fused-ring (bicyclic) bond motifs is 2. The monoisotopic (exact) mass is 272 g/mol. The van der Waals surface area contributed by atoms with Crippen LogP contribution in [0.3, 0.4) is 0 Å². The van der Waals surface area contributed by atoms with E-state index in [1.807, 2.05) is 12.1 Å². The molecule has 4 unspecified atom stereocenters. The van der Waals surface area contributed by atoms with Gasteiger partial charge < -0.3 is 11.1 Å². The molecule has 3 heteroatoms. The second-order valence-corrected chi connectivity index (χ2v) is 6.70. The van der Waals surface area contributed by atoms with Gasteiger partial charge >= 0.3 is 0 Å². The zero-order valence-electron chi connectivity index (χ0n) is 12.3. The quantitative estimate of drug-likeness (QED) is 0.888. The number of hydrogen-bond donors (Lipinski definition) is 2. The third kappa shape index (κ3) is 2.35. The normalized spacial score (nSPS) is 31.8. The summed E-state index contributed by atoms with van der Waals surface area (Å²) < 4.78 is 0. The molecule has 2 aliphatic carbocycles. The number of nitrogens with two attached hydrogens (primary N) is 1. The molecular weight excluding hydrogens is 248 g/mol. The Balaban J connectivity index is 1.67. The number of carbonyl (C=O) groups is 1. The Bertz CT molecular complexity index is 492. The van der Waals surface area contributed by atoms with E-state index >= 15 is 0 Å². The van der Waals surface area contributed by atoms with E-state index < -0.39 is 0 Å². The van der Waals surface area contributed by atoms with Crippen LogP contribution >= 0.6 is 0 Å². The lowest BCUT2D eigenvalue weighted by molar-refractivity contribution is -0.121. The molecule has 1 aromatic rings. The molecule has 3 nitrogen and oxygen atoms in total. The summed E-state index contributed by atoms with van der Waals surface area (Å²) in [5, 5.41) is 3.05. The molecule has 1 aromatic carbocycles. The molecule has 2 bridgehead atoms. The van der Waals surface area contributed by atoms with Crippen molar-refractivity contribution in [1.82, 2.24) is 0 Å². The first-order chi connectivity index (χ1) is 9.56. The molecule has 2 fully saturated rings. The Kier molecular flexibility index (Phi) is 3.55. The number of amides is 1. The number of carbonyl (C=O) groups excluding carboxylic acids is 1. The van der Waals surface area contributed by atoms with Crippen LogP contribution in [0.2, 0.25) is 0 Å². The molecule has 108 valence electrons. The number of rotatable bonds is 3. The van der Waals surface area contributed by atoms with Crippen molar-refractivity contribution in [3.63, 3.8) is 0 Å². The summed E-state index contributed by atoms with van der Waals surface area (Å²) in [5.74, 6) is 1.71.